The van der Waals surface area contributed by atoms with Crippen molar-refractivity contribution in [2.75, 3.05) is 0 Å². The molecule has 0 saturated heterocycles. The summed E-state index contributed by atoms with van der Waals surface area (Å²) < 4.78 is 0. The monoisotopic (exact) mass is 366 g/mol. The van der Waals surface area contributed by atoms with Crippen LogP contribution in [0.4, 0.5) is 11.4 Å². The molecule has 6 nitrogen and oxygen atoms in total. The Kier molecular flexibility index (Phi) is 22.2. The fraction of sp³-hybridized carbons (Fsp3) is 0.400. The summed E-state index contributed by atoms with van der Waals surface area (Å²) in [6.07, 6.45) is 0. The molecule has 148 valence electrons. The SMILES string of the molecule is C.C.CC.CC.Cc1ccc([N+](=O)[O-])cc1.Cc1ccccc1[N+](=O)[O-]. The third kappa shape index (κ3) is 12.6. The Bertz CT molecular complexity index is 611. The summed E-state index contributed by atoms with van der Waals surface area (Å²) in [7, 11) is 0. The fourth-order valence-electron chi connectivity index (χ4n) is 1.43. The summed E-state index contributed by atoms with van der Waals surface area (Å²) >= 11 is 0. The maximum atomic E-state index is 10.2. The average molecular weight is 367 g/mol. The van der Waals surface area contributed by atoms with Gasteiger partial charge in [-0.25, -0.2) is 0 Å². The Morgan fingerprint density at radius 2 is 1.12 bits per heavy atom. The molecule has 0 N–H and O–H groups in total. The summed E-state index contributed by atoms with van der Waals surface area (Å²) in [5, 5.41) is 20.3. The van der Waals surface area contributed by atoms with Crippen molar-refractivity contribution in [1.29, 1.82) is 0 Å². The maximum Gasteiger partial charge on any atom is 0.272 e. The lowest BCUT2D eigenvalue weighted by Gasteiger charge is -1.92. The second-order valence-corrected chi connectivity index (χ2v) is 4.14. The van der Waals surface area contributed by atoms with E-state index in [1.165, 1.54) is 18.2 Å². The van der Waals surface area contributed by atoms with Crippen LogP contribution < -0.4 is 0 Å². The molecule has 0 fully saturated rings. The van der Waals surface area contributed by atoms with E-state index in [0.29, 0.717) is 5.56 Å². The molecule has 26 heavy (non-hydrogen) atoms. The van der Waals surface area contributed by atoms with E-state index in [1.54, 1.807) is 37.3 Å². The number of para-hydroxylation sites is 1. The minimum atomic E-state index is -0.403. The summed E-state index contributed by atoms with van der Waals surface area (Å²) in [4.78, 5) is 19.6. The zero-order chi connectivity index (χ0) is 19.1. The molecule has 0 saturated carbocycles. The second kappa shape index (κ2) is 18.6. The van der Waals surface area contributed by atoms with Crippen LogP contribution >= 0.6 is 0 Å². The van der Waals surface area contributed by atoms with E-state index in [2.05, 4.69) is 0 Å². The number of nitro benzene ring substituents is 2. The zero-order valence-corrected chi connectivity index (χ0v) is 15.1. The number of hydrogen-bond acceptors (Lipinski definition) is 4. The first-order valence-corrected chi connectivity index (χ1v) is 7.83. The minimum Gasteiger partial charge on any atom is -0.258 e. The molecular formula is C20H34N2O4. The second-order valence-electron chi connectivity index (χ2n) is 4.14. The van der Waals surface area contributed by atoms with Crippen molar-refractivity contribution in [2.24, 2.45) is 0 Å². The number of aryl methyl sites for hydroxylation is 2. The number of nitro groups is 2. The van der Waals surface area contributed by atoms with Gasteiger partial charge in [0.2, 0.25) is 0 Å². The van der Waals surface area contributed by atoms with Gasteiger partial charge in [-0.1, -0.05) is 78.4 Å². The number of nitrogens with zero attached hydrogens (tertiary/aromatic N) is 2. The molecule has 0 unspecified atom stereocenters. The zero-order valence-electron chi connectivity index (χ0n) is 15.1. The highest BCUT2D eigenvalue weighted by atomic mass is 16.6. The van der Waals surface area contributed by atoms with Crippen molar-refractivity contribution < 1.29 is 9.85 Å². The predicted octanol–water partition coefficient (Wildman–Crippen LogP) is 7.13. The van der Waals surface area contributed by atoms with Crippen molar-refractivity contribution >= 4 is 11.4 Å². The standard InChI is InChI=1S/2C7H7NO2.2C2H6.2CH4/c1-6-2-4-7(5-3-6)8(9)10;1-6-4-2-3-5-7(6)8(9)10;2*1-2;;/h2*2-5H,1H3;2*1-2H3;2*1H4. The Morgan fingerprint density at radius 3 is 1.42 bits per heavy atom. The number of hydrogen-bond donors (Lipinski definition) is 0. The normalized spacial score (nSPS) is 7.62. The van der Waals surface area contributed by atoms with Crippen molar-refractivity contribution in [3.63, 3.8) is 0 Å². The predicted molar refractivity (Wildman–Crippen MR) is 112 cm³/mol. The average Bonchev–Trinajstić information content (AvgIpc) is 2.59. The van der Waals surface area contributed by atoms with Gasteiger partial charge in [-0.2, -0.15) is 0 Å². The first kappa shape index (κ1) is 31.1. The highest BCUT2D eigenvalue weighted by Gasteiger charge is 2.06. The van der Waals surface area contributed by atoms with Gasteiger partial charge in [-0.05, 0) is 13.8 Å². The van der Waals surface area contributed by atoms with Crippen LogP contribution in [0.3, 0.4) is 0 Å². The maximum absolute atomic E-state index is 10.2. The Morgan fingerprint density at radius 1 is 0.692 bits per heavy atom. The Balaban J connectivity index is -0.000000147. The van der Waals surface area contributed by atoms with Crippen LogP contribution in [0.1, 0.15) is 53.7 Å². The van der Waals surface area contributed by atoms with Crippen LogP contribution in [-0.2, 0) is 0 Å². The topological polar surface area (TPSA) is 86.3 Å². The molecule has 0 bridgehead atoms. The van der Waals surface area contributed by atoms with Crippen LogP contribution in [0.25, 0.3) is 0 Å². The van der Waals surface area contributed by atoms with Crippen LogP contribution in [0.15, 0.2) is 48.5 Å². The molecular weight excluding hydrogens is 332 g/mol. The minimum absolute atomic E-state index is 0. The van der Waals surface area contributed by atoms with Crippen LogP contribution in [-0.4, -0.2) is 9.85 Å². The van der Waals surface area contributed by atoms with Crippen LogP contribution in [0.5, 0.6) is 0 Å². The first-order valence-electron chi connectivity index (χ1n) is 7.83. The molecule has 6 heteroatoms. The van der Waals surface area contributed by atoms with E-state index < -0.39 is 4.92 Å². The fourth-order valence-corrected chi connectivity index (χ4v) is 1.43. The molecule has 2 aromatic rings. The summed E-state index contributed by atoms with van der Waals surface area (Å²) in [6.45, 7) is 11.6. The highest BCUT2D eigenvalue weighted by Crippen LogP contribution is 2.15. The van der Waals surface area contributed by atoms with Crippen molar-refractivity contribution in [1.82, 2.24) is 0 Å². The van der Waals surface area contributed by atoms with Gasteiger partial charge in [0.05, 0.1) is 9.85 Å². The van der Waals surface area contributed by atoms with Gasteiger partial charge < -0.3 is 0 Å². The number of benzene rings is 2. The van der Waals surface area contributed by atoms with Gasteiger partial charge in [-0.3, -0.25) is 20.2 Å². The Hall–Kier alpha value is -2.76. The lowest BCUT2D eigenvalue weighted by molar-refractivity contribution is -0.385. The van der Waals surface area contributed by atoms with E-state index >= 15 is 0 Å². The molecule has 0 aliphatic rings. The van der Waals surface area contributed by atoms with E-state index in [4.69, 9.17) is 0 Å². The van der Waals surface area contributed by atoms with Gasteiger partial charge in [0, 0.05) is 23.8 Å². The molecule has 2 aromatic carbocycles. The molecule has 0 atom stereocenters. The molecule has 0 aromatic heterocycles. The molecule has 0 amide bonds. The first-order chi connectivity index (χ1) is 11.4. The molecule has 0 aliphatic heterocycles. The van der Waals surface area contributed by atoms with E-state index in [9.17, 15) is 20.2 Å². The van der Waals surface area contributed by atoms with Crippen LogP contribution in [0, 0.1) is 34.1 Å². The summed E-state index contributed by atoms with van der Waals surface area (Å²) in [5.41, 5.74) is 2.06. The van der Waals surface area contributed by atoms with Crippen molar-refractivity contribution in [3.8, 4) is 0 Å². The lowest BCUT2D eigenvalue weighted by Crippen LogP contribution is -1.89. The summed E-state index contributed by atoms with van der Waals surface area (Å²) in [5.74, 6) is 0. The van der Waals surface area contributed by atoms with Gasteiger partial charge in [0.1, 0.15) is 0 Å². The molecule has 0 aliphatic carbocycles. The number of rotatable bonds is 2. The van der Waals surface area contributed by atoms with Crippen molar-refractivity contribution in [2.45, 2.75) is 56.4 Å². The summed E-state index contributed by atoms with van der Waals surface area (Å²) in [6, 6.07) is 13.1. The molecule has 2 rings (SSSR count). The smallest absolute Gasteiger partial charge is 0.258 e. The van der Waals surface area contributed by atoms with E-state index in [-0.39, 0.29) is 31.2 Å². The van der Waals surface area contributed by atoms with Crippen LogP contribution in [0.2, 0.25) is 0 Å². The van der Waals surface area contributed by atoms with Gasteiger partial charge in [0.15, 0.2) is 0 Å². The Labute approximate surface area is 158 Å². The molecule has 0 heterocycles. The van der Waals surface area contributed by atoms with E-state index in [0.717, 1.165) is 5.56 Å². The van der Waals surface area contributed by atoms with Gasteiger partial charge >= 0.3 is 0 Å². The van der Waals surface area contributed by atoms with E-state index in [1.807, 2.05) is 34.6 Å². The third-order valence-electron chi connectivity index (χ3n) is 2.56. The van der Waals surface area contributed by atoms with Gasteiger partial charge in [-0.15, -0.1) is 0 Å². The highest BCUT2D eigenvalue weighted by molar-refractivity contribution is 5.38. The quantitative estimate of drug-likeness (QED) is 0.418. The number of non-ortho nitro benzene ring substituents is 1. The van der Waals surface area contributed by atoms with Crippen molar-refractivity contribution in [3.05, 3.63) is 79.9 Å². The third-order valence-corrected chi connectivity index (χ3v) is 2.56. The van der Waals surface area contributed by atoms with Gasteiger partial charge in [0.25, 0.3) is 11.4 Å². The lowest BCUT2D eigenvalue weighted by atomic mass is 10.2. The largest absolute Gasteiger partial charge is 0.272 e. The molecule has 0 radical (unpaired) electrons. The molecule has 0 spiro atoms.